The smallest absolute Gasteiger partial charge is 0.332 e. The molecule has 1 fully saturated rings. The first-order valence-electron chi connectivity index (χ1n) is 11.0. The number of ether oxygens (including phenoxy) is 1. The lowest BCUT2D eigenvalue weighted by molar-refractivity contribution is -0.146. The summed E-state index contributed by atoms with van der Waals surface area (Å²) < 4.78 is 6.62. The topological polar surface area (TPSA) is 91.7 Å². The molecule has 1 aliphatic heterocycles. The number of carboxylic acid groups (broad SMARTS) is 1. The zero-order chi connectivity index (χ0) is 23.2. The molecule has 0 spiro atoms. The SMILES string of the molecule is O=C(O)[C@H](O)Cc1cccc(C2CC(O[C@@H](c3ccc(Cl)cc3)c3ccccn3)CCN2)c1. The molecule has 2 aromatic carbocycles. The molecule has 1 saturated heterocycles. The Morgan fingerprint density at radius 2 is 1.97 bits per heavy atom. The Kier molecular flexibility index (Phi) is 7.73. The Balaban J connectivity index is 1.50. The van der Waals surface area contributed by atoms with Crippen molar-refractivity contribution in [2.75, 3.05) is 6.54 Å². The number of hydrogen-bond donors (Lipinski definition) is 3. The molecule has 0 saturated carbocycles. The van der Waals surface area contributed by atoms with E-state index >= 15 is 0 Å². The molecular weight excluding hydrogens is 440 g/mol. The van der Waals surface area contributed by atoms with Gasteiger partial charge in [0.1, 0.15) is 6.10 Å². The molecule has 2 unspecified atom stereocenters. The van der Waals surface area contributed by atoms with Crippen LogP contribution in [0.3, 0.4) is 0 Å². The second-order valence-corrected chi connectivity index (χ2v) is 8.72. The minimum atomic E-state index is -1.41. The zero-order valence-corrected chi connectivity index (χ0v) is 18.9. The number of halogens is 1. The zero-order valence-electron chi connectivity index (χ0n) is 18.1. The Labute approximate surface area is 198 Å². The average molecular weight is 467 g/mol. The van der Waals surface area contributed by atoms with Crippen LogP contribution in [0.4, 0.5) is 0 Å². The molecule has 4 atom stereocenters. The van der Waals surface area contributed by atoms with Gasteiger partial charge in [-0.1, -0.05) is 54.1 Å². The van der Waals surface area contributed by atoms with E-state index in [0.717, 1.165) is 41.8 Å². The summed E-state index contributed by atoms with van der Waals surface area (Å²) >= 11 is 6.09. The normalized spacial score (nSPS) is 20.2. The number of carbonyl (C=O) groups is 1. The molecule has 33 heavy (non-hydrogen) atoms. The van der Waals surface area contributed by atoms with Crippen molar-refractivity contribution in [3.63, 3.8) is 0 Å². The van der Waals surface area contributed by atoms with Gasteiger partial charge in [-0.05, 0) is 60.3 Å². The second-order valence-electron chi connectivity index (χ2n) is 8.28. The number of carboxylic acids is 1. The highest BCUT2D eigenvalue weighted by atomic mass is 35.5. The number of pyridine rings is 1. The fourth-order valence-electron chi connectivity index (χ4n) is 4.19. The number of rotatable bonds is 8. The number of aliphatic hydroxyl groups is 1. The highest BCUT2D eigenvalue weighted by Gasteiger charge is 2.28. The number of nitrogens with one attached hydrogen (secondary N) is 1. The van der Waals surface area contributed by atoms with Crippen LogP contribution in [-0.4, -0.2) is 39.9 Å². The van der Waals surface area contributed by atoms with E-state index in [1.807, 2.05) is 66.7 Å². The maximum Gasteiger partial charge on any atom is 0.332 e. The number of aliphatic carboxylic acids is 1. The van der Waals surface area contributed by atoms with Crippen LogP contribution in [0.25, 0.3) is 0 Å². The minimum Gasteiger partial charge on any atom is -0.479 e. The van der Waals surface area contributed by atoms with Crippen molar-refractivity contribution in [1.82, 2.24) is 10.3 Å². The third-order valence-electron chi connectivity index (χ3n) is 5.88. The summed E-state index contributed by atoms with van der Waals surface area (Å²) in [5.41, 5.74) is 3.69. The molecule has 4 rings (SSSR count). The van der Waals surface area contributed by atoms with Crippen LogP contribution in [0.5, 0.6) is 0 Å². The first-order valence-corrected chi connectivity index (χ1v) is 11.4. The third-order valence-corrected chi connectivity index (χ3v) is 6.13. The van der Waals surface area contributed by atoms with Gasteiger partial charge in [0.05, 0.1) is 11.8 Å². The summed E-state index contributed by atoms with van der Waals surface area (Å²) in [7, 11) is 0. The van der Waals surface area contributed by atoms with Crippen molar-refractivity contribution in [1.29, 1.82) is 0 Å². The predicted molar refractivity (Wildman–Crippen MR) is 126 cm³/mol. The molecule has 0 aliphatic carbocycles. The first-order chi connectivity index (χ1) is 16.0. The van der Waals surface area contributed by atoms with Crippen LogP contribution < -0.4 is 5.32 Å². The van der Waals surface area contributed by atoms with Gasteiger partial charge in [-0.25, -0.2) is 4.79 Å². The Morgan fingerprint density at radius 1 is 1.15 bits per heavy atom. The highest BCUT2D eigenvalue weighted by molar-refractivity contribution is 6.30. The van der Waals surface area contributed by atoms with E-state index in [9.17, 15) is 9.90 Å². The molecular formula is C26H27ClN2O4. The molecule has 172 valence electrons. The number of aliphatic hydroxyl groups excluding tert-OH is 1. The van der Waals surface area contributed by atoms with E-state index in [1.165, 1.54) is 0 Å². The molecule has 1 aliphatic rings. The van der Waals surface area contributed by atoms with Gasteiger partial charge in [0.2, 0.25) is 0 Å². The Hall–Kier alpha value is -2.77. The third kappa shape index (κ3) is 6.18. The fourth-order valence-corrected chi connectivity index (χ4v) is 4.31. The van der Waals surface area contributed by atoms with Gasteiger partial charge >= 0.3 is 5.97 Å². The number of hydrogen-bond acceptors (Lipinski definition) is 5. The van der Waals surface area contributed by atoms with E-state index in [2.05, 4.69) is 10.3 Å². The molecule has 2 heterocycles. The molecule has 6 nitrogen and oxygen atoms in total. The van der Waals surface area contributed by atoms with Gasteiger partial charge < -0.3 is 20.3 Å². The van der Waals surface area contributed by atoms with Crippen molar-refractivity contribution < 1.29 is 19.7 Å². The van der Waals surface area contributed by atoms with Gasteiger partial charge in [-0.3, -0.25) is 4.98 Å². The van der Waals surface area contributed by atoms with Gasteiger partial charge in [-0.2, -0.15) is 0 Å². The largest absolute Gasteiger partial charge is 0.479 e. The van der Waals surface area contributed by atoms with Crippen LogP contribution in [0.15, 0.2) is 72.9 Å². The summed E-state index contributed by atoms with van der Waals surface area (Å²) in [5.74, 6) is -1.22. The monoisotopic (exact) mass is 466 g/mol. The minimum absolute atomic E-state index is 0.00667. The van der Waals surface area contributed by atoms with Crippen LogP contribution in [0, 0.1) is 0 Å². The van der Waals surface area contributed by atoms with Gasteiger partial charge in [0.25, 0.3) is 0 Å². The lowest BCUT2D eigenvalue weighted by Crippen LogP contribution is -2.36. The van der Waals surface area contributed by atoms with Crippen molar-refractivity contribution in [3.8, 4) is 0 Å². The van der Waals surface area contributed by atoms with E-state index < -0.39 is 12.1 Å². The predicted octanol–water partition coefficient (Wildman–Crippen LogP) is 4.32. The van der Waals surface area contributed by atoms with Crippen LogP contribution >= 0.6 is 11.6 Å². The lowest BCUT2D eigenvalue weighted by atomic mass is 9.93. The maximum atomic E-state index is 11.0. The van der Waals surface area contributed by atoms with Gasteiger partial charge in [0, 0.05) is 23.7 Å². The van der Waals surface area contributed by atoms with Crippen molar-refractivity contribution in [2.45, 2.75) is 43.6 Å². The number of aromatic nitrogens is 1. The van der Waals surface area contributed by atoms with E-state index in [4.69, 9.17) is 21.4 Å². The van der Waals surface area contributed by atoms with Crippen molar-refractivity contribution in [2.24, 2.45) is 0 Å². The van der Waals surface area contributed by atoms with Gasteiger partial charge in [0.15, 0.2) is 6.10 Å². The Morgan fingerprint density at radius 3 is 2.70 bits per heavy atom. The molecule has 3 N–H and O–H groups in total. The molecule has 0 radical (unpaired) electrons. The number of benzene rings is 2. The fraction of sp³-hybridized carbons (Fsp3) is 0.308. The second kappa shape index (κ2) is 10.9. The summed E-state index contributed by atoms with van der Waals surface area (Å²) in [4.78, 5) is 15.5. The summed E-state index contributed by atoms with van der Waals surface area (Å²) in [5, 5.41) is 22.9. The molecule has 1 aromatic heterocycles. The van der Waals surface area contributed by atoms with Crippen LogP contribution in [-0.2, 0) is 16.0 Å². The van der Waals surface area contributed by atoms with Gasteiger partial charge in [-0.15, -0.1) is 0 Å². The molecule has 7 heteroatoms. The standard InChI is InChI=1S/C26H27ClN2O4/c27-20-9-7-18(8-10-20)25(22-6-1-2-12-28-22)33-21-11-13-29-23(16-21)19-5-3-4-17(14-19)15-24(30)26(31)32/h1-10,12,14,21,23-25,29-30H,11,13,15-16H2,(H,31,32)/t21?,23?,24-,25+/m1/s1. The van der Waals surface area contributed by atoms with Crippen LogP contribution in [0.1, 0.15) is 47.4 Å². The summed E-state index contributed by atoms with van der Waals surface area (Å²) in [6.07, 6.45) is 1.77. The lowest BCUT2D eigenvalue weighted by Gasteiger charge is -2.33. The highest BCUT2D eigenvalue weighted by Crippen LogP contribution is 2.32. The van der Waals surface area contributed by atoms with E-state index in [-0.39, 0.29) is 24.7 Å². The van der Waals surface area contributed by atoms with E-state index in [1.54, 1.807) is 6.20 Å². The van der Waals surface area contributed by atoms with Crippen molar-refractivity contribution >= 4 is 17.6 Å². The number of nitrogens with zero attached hydrogens (tertiary/aromatic N) is 1. The molecule has 0 amide bonds. The summed E-state index contributed by atoms with van der Waals surface area (Å²) in [6, 6.07) is 21.3. The molecule has 3 aromatic rings. The maximum absolute atomic E-state index is 11.0. The van der Waals surface area contributed by atoms with E-state index in [0.29, 0.717) is 5.02 Å². The Bertz CT molecular complexity index is 1060. The summed E-state index contributed by atoms with van der Waals surface area (Å²) in [6.45, 7) is 0.798. The average Bonchev–Trinajstić information content (AvgIpc) is 2.84. The van der Waals surface area contributed by atoms with Crippen molar-refractivity contribution in [3.05, 3.63) is 100 Å². The number of piperidine rings is 1. The van der Waals surface area contributed by atoms with Crippen LogP contribution in [0.2, 0.25) is 5.02 Å². The quantitative estimate of drug-likeness (QED) is 0.458. The molecule has 0 bridgehead atoms. The first kappa shape index (κ1) is 23.4.